The molecule has 0 saturated heterocycles. The van der Waals surface area contributed by atoms with Crippen LogP contribution in [-0.4, -0.2) is 37.0 Å². The summed E-state index contributed by atoms with van der Waals surface area (Å²) in [5.41, 5.74) is 5.73. The van der Waals surface area contributed by atoms with Gasteiger partial charge in [0.2, 0.25) is 5.91 Å². The number of amides is 3. The van der Waals surface area contributed by atoms with Crippen LogP contribution in [0.1, 0.15) is 35.1 Å². The van der Waals surface area contributed by atoms with Crippen LogP contribution in [0.3, 0.4) is 0 Å². The molecule has 0 aromatic heterocycles. The largest absolute Gasteiger partial charge is 0.495 e. The lowest BCUT2D eigenvalue weighted by Crippen LogP contribution is -2.43. The van der Waals surface area contributed by atoms with Crippen molar-refractivity contribution in [1.82, 2.24) is 10.2 Å². The van der Waals surface area contributed by atoms with E-state index < -0.39 is 0 Å². The first kappa shape index (κ1) is 19.3. The molecular weight excluding hydrogens is 366 g/mol. The summed E-state index contributed by atoms with van der Waals surface area (Å²) < 4.78 is 5.43. The molecule has 29 heavy (non-hydrogen) atoms. The predicted octanol–water partition coefficient (Wildman–Crippen LogP) is 3.28. The normalized spacial score (nSPS) is 14.7. The highest BCUT2D eigenvalue weighted by Crippen LogP contribution is 2.36. The number of carbonyl (C=O) groups excluding carboxylic acids is 2. The molecule has 3 amide bonds. The van der Waals surface area contributed by atoms with Gasteiger partial charge in [0, 0.05) is 26.1 Å². The van der Waals surface area contributed by atoms with Crippen LogP contribution in [0.4, 0.5) is 10.5 Å². The molecule has 0 unspecified atom stereocenters. The Morgan fingerprint density at radius 1 is 1.03 bits per heavy atom. The number of carbonyl (C=O) groups is 2. The smallest absolute Gasteiger partial charge is 0.317 e. The van der Waals surface area contributed by atoms with E-state index >= 15 is 0 Å². The minimum atomic E-state index is -0.120. The molecule has 1 aliphatic carbocycles. The van der Waals surface area contributed by atoms with Gasteiger partial charge >= 0.3 is 6.03 Å². The lowest BCUT2D eigenvalue weighted by Gasteiger charge is -2.28. The van der Waals surface area contributed by atoms with Crippen molar-refractivity contribution >= 4 is 17.6 Å². The second-order valence-electron chi connectivity index (χ2n) is 7.60. The minimum Gasteiger partial charge on any atom is -0.495 e. The third-order valence-electron chi connectivity index (χ3n) is 5.78. The van der Waals surface area contributed by atoms with E-state index in [0.29, 0.717) is 25.4 Å². The summed E-state index contributed by atoms with van der Waals surface area (Å²) in [6.07, 6.45) is 4.18. The van der Waals surface area contributed by atoms with Crippen molar-refractivity contribution in [2.45, 2.75) is 38.6 Å². The SMILES string of the molecule is COc1ccc2c(c1NC(=O)CCNC(=O)N1CCc3ccccc3C1)CCC2. The second-order valence-corrected chi connectivity index (χ2v) is 7.60. The summed E-state index contributed by atoms with van der Waals surface area (Å²) in [6, 6.07) is 12.1. The van der Waals surface area contributed by atoms with E-state index in [4.69, 9.17) is 4.74 Å². The van der Waals surface area contributed by atoms with Crippen molar-refractivity contribution in [1.29, 1.82) is 0 Å². The van der Waals surface area contributed by atoms with Gasteiger partial charge in [-0.05, 0) is 54.0 Å². The van der Waals surface area contributed by atoms with Gasteiger partial charge in [-0.15, -0.1) is 0 Å². The molecule has 2 aliphatic rings. The summed E-state index contributed by atoms with van der Waals surface area (Å²) in [7, 11) is 1.61. The molecule has 2 aromatic carbocycles. The lowest BCUT2D eigenvalue weighted by atomic mass is 10.0. The van der Waals surface area contributed by atoms with E-state index in [9.17, 15) is 9.59 Å². The van der Waals surface area contributed by atoms with Crippen LogP contribution in [0.5, 0.6) is 5.75 Å². The van der Waals surface area contributed by atoms with Gasteiger partial charge in [0.05, 0.1) is 12.8 Å². The molecule has 2 N–H and O–H groups in total. The van der Waals surface area contributed by atoms with Gasteiger partial charge < -0.3 is 20.3 Å². The summed E-state index contributed by atoms with van der Waals surface area (Å²) in [5, 5.41) is 5.87. The standard InChI is InChI=1S/C23H27N3O3/c1-29-20-10-9-17-7-4-8-19(17)22(20)25-21(27)11-13-24-23(28)26-14-12-16-5-2-3-6-18(16)15-26/h2-3,5-6,9-10H,4,7-8,11-15H2,1H3,(H,24,28)(H,25,27). The van der Waals surface area contributed by atoms with Crippen molar-refractivity contribution in [3.05, 3.63) is 58.7 Å². The Kier molecular flexibility index (Phi) is 5.69. The summed E-state index contributed by atoms with van der Waals surface area (Å²) in [4.78, 5) is 26.7. The molecule has 0 bridgehead atoms. The molecular formula is C23H27N3O3. The van der Waals surface area contributed by atoms with Gasteiger partial charge in [0.1, 0.15) is 5.75 Å². The average molecular weight is 393 g/mol. The molecule has 0 radical (unpaired) electrons. The number of rotatable bonds is 5. The number of hydrogen-bond acceptors (Lipinski definition) is 3. The van der Waals surface area contributed by atoms with Gasteiger partial charge in [-0.3, -0.25) is 4.79 Å². The number of nitrogens with zero attached hydrogens (tertiary/aromatic N) is 1. The highest BCUT2D eigenvalue weighted by Gasteiger charge is 2.22. The third kappa shape index (κ3) is 4.21. The average Bonchev–Trinajstić information content (AvgIpc) is 3.23. The van der Waals surface area contributed by atoms with Gasteiger partial charge in [0.25, 0.3) is 0 Å². The zero-order chi connectivity index (χ0) is 20.2. The van der Waals surface area contributed by atoms with Crippen molar-refractivity contribution in [2.75, 3.05) is 25.5 Å². The number of hydrogen-bond donors (Lipinski definition) is 2. The molecule has 4 rings (SSSR count). The number of anilines is 1. The van der Waals surface area contributed by atoms with Crippen molar-refractivity contribution in [2.24, 2.45) is 0 Å². The Balaban J connectivity index is 1.29. The minimum absolute atomic E-state index is 0.118. The zero-order valence-corrected chi connectivity index (χ0v) is 16.8. The molecule has 0 fully saturated rings. The second kappa shape index (κ2) is 8.55. The topological polar surface area (TPSA) is 70.7 Å². The summed E-state index contributed by atoms with van der Waals surface area (Å²) in [6.45, 7) is 1.62. The number of methoxy groups -OCH3 is 1. The molecule has 0 saturated carbocycles. The van der Waals surface area contributed by atoms with Gasteiger partial charge in [-0.1, -0.05) is 30.3 Å². The predicted molar refractivity (Wildman–Crippen MR) is 112 cm³/mol. The fourth-order valence-electron chi connectivity index (χ4n) is 4.22. The maximum Gasteiger partial charge on any atom is 0.317 e. The quantitative estimate of drug-likeness (QED) is 0.819. The van der Waals surface area contributed by atoms with Crippen molar-refractivity contribution in [3.8, 4) is 5.75 Å². The zero-order valence-electron chi connectivity index (χ0n) is 16.8. The van der Waals surface area contributed by atoms with Gasteiger partial charge in [-0.2, -0.15) is 0 Å². The van der Waals surface area contributed by atoms with Crippen LogP contribution in [0.25, 0.3) is 0 Å². The number of benzene rings is 2. The number of nitrogens with one attached hydrogen (secondary N) is 2. The van der Waals surface area contributed by atoms with Crippen LogP contribution in [-0.2, 0) is 30.6 Å². The van der Waals surface area contributed by atoms with Crippen LogP contribution >= 0.6 is 0 Å². The molecule has 6 nitrogen and oxygen atoms in total. The number of urea groups is 1. The van der Waals surface area contributed by atoms with Gasteiger partial charge in [0.15, 0.2) is 0 Å². The van der Waals surface area contributed by atoms with E-state index in [1.165, 1.54) is 22.3 Å². The molecule has 0 atom stereocenters. The van der Waals surface area contributed by atoms with E-state index in [1.54, 1.807) is 12.0 Å². The van der Waals surface area contributed by atoms with E-state index in [0.717, 1.165) is 31.4 Å². The maximum absolute atomic E-state index is 12.5. The monoisotopic (exact) mass is 393 g/mol. The highest BCUT2D eigenvalue weighted by molar-refractivity contribution is 5.94. The number of fused-ring (bicyclic) bond motifs is 2. The molecule has 1 aliphatic heterocycles. The Morgan fingerprint density at radius 2 is 1.86 bits per heavy atom. The fourth-order valence-corrected chi connectivity index (χ4v) is 4.22. The molecule has 152 valence electrons. The van der Waals surface area contributed by atoms with E-state index in [2.05, 4.69) is 28.8 Å². The van der Waals surface area contributed by atoms with Crippen LogP contribution in [0.15, 0.2) is 36.4 Å². The first-order valence-corrected chi connectivity index (χ1v) is 10.2. The Bertz CT molecular complexity index is 926. The summed E-state index contributed by atoms with van der Waals surface area (Å²) >= 11 is 0. The molecule has 0 spiro atoms. The number of ether oxygens (including phenoxy) is 1. The van der Waals surface area contributed by atoms with Gasteiger partial charge in [-0.25, -0.2) is 4.79 Å². The number of aryl methyl sites for hydroxylation is 1. The van der Waals surface area contributed by atoms with E-state index in [1.807, 2.05) is 18.2 Å². The molecule has 1 heterocycles. The first-order valence-electron chi connectivity index (χ1n) is 10.2. The Morgan fingerprint density at radius 3 is 2.69 bits per heavy atom. The fraction of sp³-hybridized carbons (Fsp3) is 0.391. The summed E-state index contributed by atoms with van der Waals surface area (Å²) in [5.74, 6) is 0.572. The molecule has 6 heteroatoms. The third-order valence-corrected chi connectivity index (χ3v) is 5.78. The molecule has 2 aromatic rings. The Labute approximate surface area is 171 Å². The van der Waals surface area contributed by atoms with Crippen LogP contribution in [0.2, 0.25) is 0 Å². The first-order chi connectivity index (χ1) is 14.2. The van der Waals surface area contributed by atoms with Crippen LogP contribution in [0, 0.1) is 0 Å². The van der Waals surface area contributed by atoms with Crippen LogP contribution < -0.4 is 15.4 Å². The maximum atomic E-state index is 12.5. The Hall–Kier alpha value is -3.02. The lowest BCUT2D eigenvalue weighted by molar-refractivity contribution is -0.116. The highest BCUT2D eigenvalue weighted by atomic mass is 16.5. The van der Waals surface area contributed by atoms with Crippen molar-refractivity contribution < 1.29 is 14.3 Å². The van der Waals surface area contributed by atoms with E-state index in [-0.39, 0.29) is 18.4 Å². The van der Waals surface area contributed by atoms with Crippen molar-refractivity contribution in [3.63, 3.8) is 0 Å².